The van der Waals surface area contributed by atoms with E-state index in [-0.39, 0.29) is 25.7 Å². The highest BCUT2D eigenvalue weighted by Gasteiger charge is 2.30. The highest BCUT2D eigenvalue weighted by Crippen LogP contribution is 2.45. The van der Waals surface area contributed by atoms with E-state index in [0.29, 0.717) is 25.7 Å². The van der Waals surface area contributed by atoms with E-state index in [1.807, 2.05) is 0 Å². The molecule has 0 aromatic heterocycles. The van der Waals surface area contributed by atoms with Gasteiger partial charge in [-0.2, -0.15) is 0 Å². The van der Waals surface area contributed by atoms with Gasteiger partial charge in [0.2, 0.25) is 0 Å². The number of rotatable bonds is 78. The van der Waals surface area contributed by atoms with Crippen molar-refractivity contribution in [1.82, 2.24) is 0 Å². The first-order valence-electron chi connectivity index (χ1n) is 41.0. The molecule has 0 bridgehead atoms. The van der Waals surface area contributed by atoms with Gasteiger partial charge in [0.1, 0.15) is 19.3 Å². The van der Waals surface area contributed by atoms with Crippen LogP contribution in [0, 0.1) is 5.92 Å². The molecule has 0 aliphatic heterocycles. The van der Waals surface area contributed by atoms with Gasteiger partial charge in [-0.3, -0.25) is 37.3 Å². The van der Waals surface area contributed by atoms with Crippen molar-refractivity contribution in [1.29, 1.82) is 0 Å². The maximum absolute atomic E-state index is 13.1. The van der Waals surface area contributed by atoms with E-state index in [1.165, 1.54) is 205 Å². The van der Waals surface area contributed by atoms with Crippen LogP contribution >= 0.6 is 15.6 Å². The largest absolute Gasteiger partial charge is 0.472 e. The summed E-state index contributed by atoms with van der Waals surface area (Å²) in [5.74, 6) is -1.35. The molecule has 99 heavy (non-hydrogen) atoms. The van der Waals surface area contributed by atoms with E-state index in [2.05, 4.69) is 58.9 Å². The summed E-state index contributed by atoms with van der Waals surface area (Å²) in [5.41, 5.74) is 0. The molecule has 5 atom stereocenters. The van der Waals surface area contributed by atoms with E-state index in [0.717, 1.165) is 115 Å². The summed E-state index contributed by atoms with van der Waals surface area (Å²) >= 11 is 0. The molecule has 0 spiro atoms. The highest BCUT2D eigenvalue weighted by atomic mass is 31.2. The van der Waals surface area contributed by atoms with Crippen LogP contribution in [0.3, 0.4) is 0 Å². The van der Waals surface area contributed by atoms with Gasteiger partial charge in [0.25, 0.3) is 0 Å². The van der Waals surface area contributed by atoms with Gasteiger partial charge in [0.05, 0.1) is 26.4 Å². The number of aliphatic hydroxyl groups excluding tert-OH is 1. The Balaban J connectivity index is 5.14. The predicted octanol–water partition coefficient (Wildman–Crippen LogP) is 23.6. The van der Waals surface area contributed by atoms with Crippen LogP contribution in [-0.2, 0) is 65.4 Å². The molecule has 0 rings (SSSR count). The van der Waals surface area contributed by atoms with Crippen LogP contribution in [0.5, 0.6) is 0 Å². The Kier molecular flexibility index (Phi) is 70.7. The SMILES string of the molecule is CCCCCC/C=C\C=C/CCCCCCCC(=O)O[C@H](COC(=O)CCCCCCC)COP(=O)(O)OC[C@H](O)COP(=O)(O)OC[C@@H](COC(=O)CCCCCCCCCCCCCCCCC(C)C)OC(=O)CCCCCCCCCCCCCCCCCCCCCCCC. The monoisotopic (exact) mass is 1450 g/mol. The quantitative estimate of drug-likeness (QED) is 0.0169. The number of esters is 4. The lowest BCUT2D eigenvalue weighted by atomic mass is 10.0. The number of hydrogen-bond acceptors (Lipinski definition) is 15. The van der Waals surface area contributed by atoms with Crippen molar-refractivity contribution in [2.75, 3.05) is 39.6 Å². The number of allylic oxidation sites excluding steroid dienone is 4. The molecule has 0 aliphatic carbocycles. The molecular weight excluding hydrogens is 1290 g/mol. The van der Waals surface area contributed by atoms with Crippen molar-refractivity contribution in [3.63, 3.8) is 0 Å². The molecule has 0 fully saturated rings. The zero-order chi connectivity index (χ0) is 72.7. The fourth-order valence-electron chi connectivity index (χ4n) is 11.9. The summed E-state index contributed by atoms with van der Waals surface area (Å²) in [6.45, 7) is 7.18. The molecule has 0 saturated carbocycles. The molecular formula is C80H152O17P2. The Labute approximate surface area is 605 Å². The number of aliphatic hydroxyl groups is 1. The zero-order valence-electron chi connectivity index (χ0n) is 64.1. The third-order valence-electron chi connectivity index (χ3n) is 18.2. The number of carbonyl (C=O) groups excluding carboxylic acids is 4. The van der Waals surface area contributed by atoms with E-state index in [9.17, 15) is 43.2 Å². The first-order chi connectivity index (χ1) is 48.0. The summed E-state index contributed by atoms with van der Waals surface area (Å²) in [6.07, 6.45) is 66.6. The molecule has 17 nitrogen and oxygen atoms in total. The average molecular weight is 1450 g/mol. The molecule has 3 N–H and O–H groups in total. The standard InChI is InChI=1S/C80H152O17P2/c1-6-9-12-15-17-19-21-23-25-26-27-28-29-30-31-33-39-43-47-51-56-61-66-80(85)97-76(70-91-78(83)64-59-54-49-45-41-37-35-34-36-40-44-48-53-57-62-73(4)5)72-95-99(88,89)93-68-74(81)67-92-98(86,87)94-71-75(69-90-77(82)63-58-52-14-11-8-3)96-79(84)65-60-55-50-46-42-38-32-24-22-20-18-16-13-10-7-2/h20,22,24,32,73-76,81H,6-19,21,23,25-31,33-72H2,1-5H3,(H,86,87)(H,88,89)/b22-20-,32-24-/t74-,75+,76+/m0/s1. The highest BCUT2D eigenvalue weighted by molar-refractivity contribution is 7.47. The Morgan fingerprint density at radius 1 is 0.313 bits per heavy atom. The van der Waals surface area contributed by atoms with Gasteiger partial charge in [-0.25, -0.2) is 9.13 Å². The van der Waals surface area contributed by atoms with Gasteiger partial charge in [-0.15, -0.1) is 0 Å². The number of unbranched alkanes of at least 4 members (excludes halogenated alkanes) is 47. The van der Waals surface area contributed by atoms with E-state index >= 15 is 0 Å². The van der Waals surface area contributed by atoms with Crippen molar-refractivity contribution in [2.24, 2.45) is 5.92 Å². The minimum absolute atomic E-state index is 0.0844. The van der Waals surface area contributed by atoms with Crippen molar-refractivity contribution < 1.29 is 80.2 Å². The lowest BCUT2D eigenvalue weighted by molar-refractivity contribution is -0.161. The summed E-state index contributed by atoms with van der Waals surface area (Å²) in [6, 6.07) is 0. The minimum atomic E-state index is -4.96. The molecule has 0 heterocycles. The second kappa shape index (κ2) is 72.5. The number of hydrogen-bond donors (Lipinski definition) is 3. The summed E-state index contributed by atoms with van der Waals surface area (Å²) < 4.78 is 68.4. The van der Waals surface area contributed by atoms with Crippen molar-refractivity contribution in [3.05, 3.63) is 24.3 Å². The third-order valence-corrected chi connectivity index (χ3v) is 20.1. The van der Waals surface area contributed by atoms with Crippen LogP contribution in [0.1, 0.15) is 401 Å². The van der Waals surface area contributed by atoms with Crippen LogP contribution < -0.4 is 0 Å². The van der Waals surface area contributed by atoms with Crippen molar-refractivity contribution in [3.8, 4) is 0 Å². The predicted molar refractivity (Wildman–Crippen MR) is 404 cm³/mol. The lowest BCUT2D eigenvalue weighted by Gasteiger charge is -2.21. The summed E-state index contributed by atoms with van der Waals surface area (Å²) in [4.78, 5) is 72.6. The molecule has 0 saturated heterocycles. The topological polar surface area (TPSA) is 237 Å². The zero-order valence-corrected chi connectivity index (χ0v) is 65.9. The number of carbonyl (C=O) groups is 4. The summed E-state index contributed by atoms with van der Waals surface area (Å²) in [5, 5.41) is 10.6. The fraction of sp³-hybridized carbons (Fsp3) is 0.900. The van der Waals surface area contributed by atoms with Crippen molar-refractivity contribution in [2.45, 2.75) is 419 Å². The van der Waals surface area contributed by atoms with Gasteiger partial charge < -0.3 is 33.8 Å². The smallest absolute Gasteiger partial charge is 0.462 e. The van der Waals surface area contributed by atoms with Crippen molar-refractivity contribution >= 4 is 39.5 Å². The molecule has 584 valence electrons. The van der Waals surface area contributed by atoms with Gasteiger partial charge in [-0.05, 0) is 57.3 Å². The second-order valence-electron chi connectivity index (χ2n) is 28.6. The molecule has 19 heteroatoms. The first-order valence-corrected chi connectivity index (χ1v) is 43.9. The Morgan fingerprint density at radius 3 is 0.828 bits per heavy atom. The van der Waals surface area contributed by atoms with Gasteiger partial charge in [0, 0.05) is 25.7 Å². The Morgan fingerprint density at radius 2 is 0.545 bits per heavy atom. The Bertz CT molecular complexity index is 1990. The Hall–Kier alpha value is -2.46. The maximum atomic E-state index is 13.1. The van der Waals surface area contributed by atoms with Crippen LogP contribution in [0.2, 0.25) is 0 Å². The van der Waals surface area contributed by atoms with Gasteiger partial charge >= 0.3 is 39.5 Å². The van der Waals surface area contributed by atoms with E-state index < -0.39 is 97.5 Å². The summed E-state index contributed by atoms with van der Waals surface area (Å²) in [7, 11) is -9.92. The molecule has 0 aromatic carbocycles. The fourth-order valence-corrected chi connectivity index (χ4v) is 13.4. The van der Waals surface area contributed by atoms with E-state index in [4.69, 9.17) is 37.0 Å². The number of ether oxygens (including phenoxy) is 4. The van der Waals surface area contributed by atoms with Gasteiger partial charge in [0.15, 0.2) is 12.2 Å². The number of phosphoric ester groups is 2. The van der Waals surface area contributed by atoms with Gasteiger partial charge in [-0.1, -0.05) is 348 Å². The average Bonchev–Trinajstić information content (AvgIpc) is 1.08. The van der Waals surface area contributed by atoms with Crippen LogP contribution in [0.25, 0.3) is 0 Å². The lowest BCUT2D eigenvalue weighted by Crippen LogP contribution is -2.30. The van der Waals surface area contributed by atoms with Crippen LogP contribution in [0.4, 0.5) is 0 Å². The van der Waals surface area contributed by atoms with E-state index in [1.54, 1.807) is 0 Å². The molecule has 0 aliphatic rings. The molecule has 0 amide bonds. The molecule has 2 unspecified atom stereocenters. The second-order valence-corrected chi connectivity index (χ2v) is 31.5. The first kappa shape index (κ1) is 96.5. The normalized spacial score (nSPS) is 14.0. The number of phosphoric acid groups is 2. The minimum Gasteiger partial charge on any atom is -0.462 e. The molecule has 0 radical (unpaired) electrons. The van der Waals surface area contributed by atoms with Crippen LogP contribution in [0.15, 0.2) is 24.3 Å². The van der Waals surface area contributed by atoms with Crippen LogP contribution in [-0.4, -0.2) is 96.7 Å². The third kappa shape index (κ3) is 73.6. The maximum Gasteiger partial charge on any atom is 0.472 e. The molecule has 0 aromatic rings.